The van der Waals surface area contributed by atoms with Crippen LogP contribution in [0, 0.1) is 11.3 Å². The van der Waals surface area contributed by atoms with Gasteiger partial charge < -0.3 is 4.98 Å². The van der Waals surface area contributed by atoms with Crippen molar-refractivity contribution in [2.24, 2.45) is 0 Å². The zero-order valence-electron chi connectivity index (χ0n) is 14.8. The van der Waals surface area contributed by atoms with E-state index in [2.05, 4.69) is 26.2 Å². The summed E-state index contributed by atoms with van der Waals surface area (Å²) in [5.74, 6) is 0. The van der Waals surface area contributed by atoms with Crippen molar-refractivity contribution < 1.29 is 0 Å². The molecule has 0 atom stereocenters. The van der Waals surface area contributed by atoms with Crippen LogP contribution in [-0.4, -0.2) is 25.1 Å². The molecule has 7 nitrogen and oxygen atoms in total. The molecule has 0 amide bonds. The first kappa shape index (κ1) is 17.1. The van der Waals surface area contributed by atoms with Crippen LogP contribution in [0.2, 0.25) is 5.15 Å². The van der Waals surface area contributed by atoms with Crippen molar-refractivity contribution >= 4 is 33.7 Å². The Kier molecular flexibility index (Phi) is 3.86. The van der Waals surface area contributed by atoms with Gasteiger partial charge in [-0.15, -0.1) is 0 Å². The van der Waals surface area contributed by atoms with Crippen molar-refractivity contribution in [3.05, 3.63) is 75.7 Å². The highest BCUT2D eigenvalue weighted by Crippen LogP contribution is 2.33. The molecule has 0 fully saturated rings. The standard InChI is InChI=1S/C21H11ClN6O/c22-20-14-9-13(4-5-15(14)27-28-20)18-19(12-3-1-2-11(8-12)10-23)26-21-16(24-18)6-7-17(29)25-21/h1-9H,(H,27,28)(H,25,26,29). The summed E-state index contributed by atoms with van der Waals surface area (Å²) in [7, 11) is 0. The highest BCUT2D eigenvalue weighted by atomic mass is 35.5. The molecule has 0 spiro atoms. The van der Waals surface area contributed by atoms with Crippen molar-refractivity contribution in [1.82, 2.24) is 25.1 Å². The number of halogens is 1. The molecule has 0 bridgehead atoms. The van der Waals surface area contributed by atoms with Gasteiger partial charge in [0.25, 0.3) is 0 Å². The van der Waals surface area contributed by atoms with Crippen molar-refractivity contribution in [3.8, 4) is 28.6 Å². The normalized spacial score (nSPS) is 11.0. The summed E-state index contributed by atoms with van der Waals surface area (Å²) < 4.78 is 0. The lowest BCUT2D eigenvalue weighted by molar-refractivity contribution is 1.12. The van der Waals surface area contributed by atoms with Crippen molar-refractivity contribution in [2.45, 2.75) is 0 Å². The molecule has 3 heterocycles. The van der Waals surface area contributed by atoms with Crippen LogP contribution in [0.1, 0.15) is 5.56 Å². The first-order valence-corrected chi connectivity index (χ1v) is 9.06. The van der Waals surface area contributed by atoms with Crippen LogP contribution in [0.25, 0.3) is 44.6 Å². The molecule has 2 aromatic carbocycles. The predicted molar refractivity (Wildman–Crippen MR) is 110 cm³/mol. The molecule has 5 aromatic rings. The fourth-order valence-corrected chi connectivity index (χ4v) is 3.43. The van der Waals surface area contributed by atoms with Gasteiger partial charge in [0.1, 0.15) is 10.7 Å². The quantitative estimate of drug-likeness (QED) is 0.466. The minimum Gasteiger partial charge on any atom is -0.305 e. The van der Waals surface area contributed by atoms with E-state index in [0.717, 1.165) is 22.0 Å². The Labute approximate surface area is 168 Å². The molecule has 3 aromatic heterocycles. The van der Waals surface area contributed by atoms with Gasteiger partial charge in [-0.1, -0.05) is 29.8 Å². The van der Waals surface area contributed by atoms with E-state index in [1.54, 1.807) is 24.3 Å². The number of nitriles is 1. The Morgan fingerprint density at radius 3 is 2.59 bits per heavy atom. The molecule has 0 radical (unpaired) electrons. The molecular formula is C21H11ClN6O. The maximum Gasteiger partial charge on any atom is 0.249 e. The summed E-state index contributed by atoms with van der Waals surface area (Å²) in [6.07, 6.45) is 0. The second-order valence-electron chi connectivity index (χ2n) is 6.44. The zero-order chi connectivity index (χ0) is 20.0. The summed E-state index contributed by atoms with van der Waals surface area (Å²) in [4.78, 5) is 23.9. The Morgan fingerprint density at radius 1 is 0.931 bits per heavy atom. The van der Waals surface area contributed by atoms with Gasteiger partial charge in [-0.3, -0.25) is 9.89 Å². The maximum atomic E-state index is 11.7. The lowest BCUT2D eigenvalue weighted by Gasteiger charge is -2.11. The summed E-state index contributed by atoms with van der Waals surface area (Å²) in [6, 6.07) is 17.9. The average molecular weight is 399 g/mol. The Balaban J connectivity index is 1.84. The second kappa shape index (κ2) is 6.55. The number of hydrogen-bond donors (Lipinski definition) is 2. The number of H-pyrrole nitrogens is 2. The second-order valence-corrected chi connectivity index (χ2v) is 6.82. The fraction of sp³-hybridized carbons (Fsp3) is 0. The molecule has 0 aliphatic rings. The number of nitrogens with zero attached hydrogens (tertiary/aromatic N) is 4. The molecule has 5 rings (SSSR count). The third kappa shape index (κ3) is 2.92. The first-order chi connectivity index (χ1) is 14.1. The van der Waals surface area contributed by atoms with Crippen LogP contribution in [0.4, 0.5) is 0 Å². The molecule has 2 N–H and O–H groups in total. The number of rotatable bonds is 2. The predicted octanol–water partition coefficient (Wildman–Crippen LogP) is 4.05. The van der Waals surface area contributed by atoms with Gasteiger partial charge in [-0.2, -0.15) is 10.4 Å². The van der Waals surface area contributed by atoms with Gasteiger partial charge >= 0.3 is 0 Å². The van der Waals surface area contributed by atoms with E-state index in [-0.39, 0.29) is 5.56 Å². The fourth-order valence-electron chi connectivity index (χ4n) is 3.23. The topological polar surface area (TPSA) is 111 Å². The van der Waals surface area contributed by atoms with Crippen molar-refractivity contribution in [3.63, 3.8) is 0 Å². The van der Waals surface area contributed by atoms with Gasteiger partial charge in [-0.05, 0) is 30.3 Å². The van der Waals surface area contributed by atoms with E-state index in [9.17, 15) is 10.1 Å². The van der Waals surface area contributed by atoms with Gasteiger partial charge in [0.15, 0.2) is 5.65 Å². The maximum absolute atomic E-state index is 11.7. The van der Waals surface area contributed by atoms with E-state index < -0.39 is 0 Å². The number of aromatic amines is 2. The highest BCUT2D eigenvalue weighted by molar-refractivity contribution is 6.34. The number of benzene rings is 2. The summed E-state index contributed by atoms with van der Waals surface area (Å²) in [6.45, 7) is 0. The van der Waals surface area contributed by atoms with E-state index >= 15 is 0 Å². The smallest absolute Gasteiger partial charge is 0.249 e. The third-order valence-electron chi connectivity index (χ3n) is 4.60. The average Bonchev–Trinajstić information content (AvgIpc) is 3.13. The Hall–Kier alpha value is -4.02. The van der Waals surface area contributed by atoms with E-state index in [1.807, 2.05) is 24.3 Å². The van der Waals surface area contributed by atoms with Crippen LogP contribution in [-0.2, 0) is 0 Å². The van der Waals surface area contributed by atoms with Crippen LogP contribution in [0.15, 0.2) is 59.4 Å². The number of fused-ring (bicyclic) bond motifs is 2. The highest BCUT2D eigenvalue weighted by Gasteiger charge is 2.16. The van der Waals surface area contributed by atoms with E-state index in [1.165, 1.54) is 6.07 Å². The van der Waals surface area contributed by atoms with Gasteiger partial charge in [-0.25, -0.2) is 9.97 Å². The number of aromatic nitrogens is 5. The van der Waals surface area contributed by atoms with Crippen LogP contribution < -0.4 is 5.56 Å². The van der Waals surface area contributed by atoms with E-state index in [4.69, 9.17) is 16.6 Å². The van der Waals surface area contributed by atoms with Crippen molar-refractivity contribution in [1.29, 1.82) is 5.26 Å². The first-order valence-electron chi connectivity index (χ1n) is 8.68. The minimum absolute atomic E-state index is 0.261. The zero-order valence-corrected chi connectivity index (χ0v) is 15.5. The van der Waals surface area contributed by atoms with Gasteiger partial charge in [0, 0.05) is 22.6 Å². The lowest BCUT2D eigenvalue weighted by Crippen LogP contribution is -2.06. The molecule has 0 saturated carbocycles. The number of hydrogen-bond acceptors (Lipinski definition) is 5. The Morgan fingerprint density at radius 2 is 1.72 bits per heavy atom. The third-order valence-corrected chi connectivity index (χ3v) is 4.89. The molecular weight excluding hydrogens is 388 g/mol. The van der Waals surface area contributed by atoms with Crippen LogP contribution >= 0.6 is 11.6 Å². The van der Waals surface area contributed by atoms with E-state index in [0.29, 0.717) is 33.3 Å². The lowest BCUT2D eigenvalue weighted by atomic mass is 10.0. The monoisotopic (exact) mass is 398 g/mol. The summed E-state index contributed by atoms with van der Waals surface area (Å²) >= 11 is 6.21. The molecule has 0 saturated heterocycles. The SMILES string of the molecule is N#Cc1cccc(-c2nc3[nH]c(=O)ccc3nc2-c2ccc3n[nH]c(Cl)c3c2)c1. The molecule has 0 unspecified atom stereocenters. The number of nitrogens with one attached hydrogen (secondary N) is 2. The molecule has 138 valence electrons. The van der Waals surface area contributed by atoms with Crippen LogP contribution in [0.3, 0.4) is 0 Å². The molecule has 29 heavy (non-hydrogen) atoms. The largest absolute Gasteiger partial charge is 0.305 e. The van der Waals surface area contributed by atoms with Gasteiger partial charge in [0.2, 0.25) is 5.56 Å². The molecule has 0 aliphatic heterocycles. The van der Waals surface area contributed by atoms with Crippen LogP contribution in [0.5, 0.6) is 0 Å². The minimum atomic E-state index is -0.261. The number of pyridine rings is 1. The molecule has 0 aliphatic carbocycles. The van der Waals surface area contributed by atoms with Gasteiger partial charge in [0.05, 0.1) is 28.5 Å². The summed E-state index contributed by atoms with van der Waals surface area (Å²) in [5.41, 5.74) is 4.58. The summed E-state index contributed by atoms with van der Waals surface area (Å²) in [5, 5.41) is 17.4. The van der Waals surface area contributed by atoms with Crippen molar-refractivity contribution in [2.75, 3.05) is 0 Å². The molecule has 8 heteroatoms. The Bertz CT molecular complexity index is 1510.